The summed E-state index contributed by atoms with van der Waals surface area (Å²) in [6.07, 6.45) is -4.62. The van der Waals surface area contributed by atoms with Crippen LogP contribution < -0.4 is 5.56 Å². The molecule has 2 nitrogen and oxygen atoms in total. The highest BCUT2D eigenvalue weighted by Crippen LogP contribution is 2.37. The summed E-state index contributed by atoms with van der Waals surface area (Å²) in [5, 5.41) is 3.43. The van der Waals surface area contributed by atoms with Gasteiger partial charge in [0.15, 0.2) is 0 Å². The second-order valence-electron chi connectivity index (χ2n) is 5.84. The molecule has 0 fully saturated rings. The van der Waals surface area contributed by atoms with E-state index in [1.807, 2.05) is 59.6 Å². The van der Waals surface area contributed by atoms with Crippen molar-refractivity contribution in [2.45, 2.75) is 6.18 Å². The van der Waals surface area contributed by atoms with E-state index in [0.29, 0.717) is 5.56 Å². The van der Waals surface area contributed by atoms with Crippen LogP contribution >= 0.6 is 0 Å². The van der Waals surface area contributed by atoms with Gasteiger partial charge in [-0.25, -0.2) is 0 Å². The van der Waals surface area contributed by atoms with Gasteiger partial charge in [-0.2, -0.15) is 13.2 Å². The third-order valence-corrected chi connectivity index (χ3v) is 4.21. The molecule has 1 heterocycles. The highest BCUT2D eigenvalue weighted by molar-refractivity contribution is 6.12. The zero-order valence-corrected chi connectivity index (χ0v) is 12.9. The summed E-state index contributed by atoms with van der Waals surface area (Å²) in [6.45, 7) is 0. The van der Waals surface area contributed by atoms with Crippen LogP contribution in [0.15, 0.2) is 71.5 Å². The number of nitrogens with one attached hydrogen (secondary N) is 1. The topological polar surface area (TPSA) is 32.9 Å². The quantitative estimate of drug-likeness (QED) is 0.465. The molecule has 124 valence electrons. The Morgan fingerprint density at radius 3 is 1.88 bits per heavy atom. The number of fused-ring (bicyclic) bond motifs is 2. The number of aromatic amines is 1. The summed E-state index contributed by atoms with van der Waals surface area (Å²) >= 11 is 0. The standard InChI is InChI=1S/C20H12F3NO/c21-20(22,23)17-10-14(11-18(25)24-17)19-15-7-3-1-5-12(15)9-13-6-2-4-8-16(13)19/h1-11H,(H,24,25). The van der Waals surface area contributed by atoms with E-state index in [2.05, 4.69) is 0 Å². The minimum Gasteiger partial charge on any atom is -0.318 e. The molecule has 25 heavy (non-hydrogen) atoms. The van der Waals surface area contributed by atoms with Crippen molar-refractivity contribution >= 4 is 21.5 Å². The molecule has 0 saturated carbocycles. The summed E-state index contributed by atoms with van der Waals surface area (Å²) in [4.78, 5) is 13.7. The number of hydrogen-bond acceptors (Lipinski definition) is 1. The van der Waals surface area contributed by atoms with Crippen LogP contribution in [0.3, 0.4) is 0 Å². The molecule has 0 aliphatic rings. The maximum absolute atomic E-state index is 13.1. The van der Waals surface area contributed by atoms with Crippen LogP contribution in [0.1, 0.15) is 5.69 Å². The van der Waals surface area contributed by atoms with Crippen LogP contribution in [0.2, 0.25) is 0 Å². The van der Waals surface area contributed by atoms with E-state index in [1.54, 1.807) is 0 Å². The highest BCUT2D eigenvalue weighted by Gasteiger charge is 2.32. The van der Waals surface area contributed by atoms with Gasteiger partial charge in [0.1, 0.15) is 5.69 Å². The van der Waals surface area contributed by atoms with Gasteiger partial charge in [0.05, 0.1) is 0 Å². The highest BCUT2D eigenvalue weighted by atomic mass is 19.4. The fourth-order valence-electron chi connectivity index (χ4n) is 3.17. The Hall–Kier alpha value is -3.08. The summed E-state index contributed by atoms with van der Waals surface area (Å²) in [5.41, 5.74) is -0.941. The van der Waals surface area contributed by atoms with E-state index in [-0.39, 0.29) is 5.56 Å². The van der Waals surface area contributed by atoms with Crippen molar-refractivity contribution in [3.8, 4) is 11.1 Å². The van der Waals surface area contributed by atoms with E-state index in [9.17, 15) is 18.0 Å². The molecule has 0 radical (unpaired) electrons. The van der Waals surface area contributed by atoms with E-state index in [1.165, 1.54) is 6.07 Å². The van der Waals surface area contributed by atoms with Crippen molar-refractivity contribution in [3.63, 3.8) is 0 Å². The second-order valence-corrected chi connectivity index (χ2v) is 5.84. The van der Waals surface area contributed by atoms with Crippen LogP contribution in [0.5, 0.6) is 0 Å². The molecule has 0 saturated heterocycles. The van der Waals surface area contributed by atoms with Gasteiger partial charge in [0.25, 0.3) is 0 Å². The van der Waals surface area contributed by atoms with Crippen molar-refractivity contribution < 1.29 is 13.2 Å². The van der Waals surface area contributed by atoms with Gasteiger partial charge >= 0.3 is 6.18 Å². The molecule has 1 aromatic heterocycles. The normalized spacial score (nSPS) is 12.0. The van der Waals surface area contributed by atoms with Crippen LogP contribution in [0.4, 0.5) is 13.2 Å². The first kappa shape index (κ1) is 15.4. The number of aromatic nitrogens is 1. The zero-order valence-electron chi connectivity index (χ0n) is 12.9. The van der Waals surface area contributed by atoms with Gasteiger partial charge in [0, 0.05) is 6.07 Å². The Labute approximate surface area is 140 Å². The van der Waals surface area contributed by atoms with Gasteiger partial charge in [-0.3, -0.25) is 4.79 Å². The van der Waals surface area contributed by atoms with Crippen molar-refractivity contribution in [3.05, 3.63) is 82.8 Å². The van der Waals surface area contributed by atoms with Gasteiger partial charge in [-0.15, -0.1) is 0 Å². The van der Waals surface area contributed by atoms with E-state index < -0.39 is 17.4 Å². The number of halogens is 3. The lowest BCUT2D eigenvalue weighted by Gasteiger charge is -2.13. The van der Waals surface area contributed by atoms with E-state index in [4.69, 9.17) is 0 Å². The molecule has 0 unspecified atom stereocenters. The molecule has 0 spiro atoms. The molecule has 0 aliphatic heterocycles. The second kappa shape index (κ2) is 5.48. The number of pyridine rings is 1. The summed E-state index contributed by atoms with van der Waals surface area (Å²) < 4.78 is 39.4. The molecule has 0 atom stereocenters. The Bertz CT molecular complexity index is 1100. The molecular formula is C20H12F3NO. The van der Waals surface area contributed by atoms with Crippen LogP contribution in [0, 0.1) is 0 Å². The molecule has 0 bridgehead atoms. The Morgan fingerprint density at radius 2 is 1.32 bits per heavy atom. The average Bonchev–Trinajstić information content (AvgIpc) is 2.58. The van der Waals surface area contributed by atoms with Gasteiger partial charge in [-0.05, 0) is 44.8 Å². The van der Waals surface area contributed by atoms with E-state index in [0.717, 1.165) is 27.6 Å². The largest absolute Gasteiger partial charge is 0.431 e. The number of H-pyrrole nitrogens is 1. The fraction of sp³-hybridized carbons (Fsp3) is 0.0500. The maximum atomic E-state index is 13.1. The van der Waals surface area contributed by atoms with Crippen LogP contribution in [-0.2, 0) is 6.18 Å². The first-order valence-electron chi connectivity index (χ1n) is 7.66. The Balaban J connectivity index is 2.16. The maximum Gasteiger partial charge on any atom is 0.431 e. The van der Waals surface area contributed by atoms with Gasteiger partial charge < -0.3 is 4.98 Å². The summed E-state index contributed by atoms with van der Waals surface area (Å²) in [5.74, 6) is 0. The average molecular weight is 339 g/mol. The third-order valence-electron chi connectivity index (χ3n) is 4.21. The van der Waals surface area contributed by atoms with Crippen LogP contribution in [0.25, 0.3) is 32.7 Å². The van der Waals surface area contributed by atoms with Crippen molar-refractivity contribution in [2.24, 2.45) is 0 Å². The van der Waals surface area contributed by atoms with Crippen LogP contribution in [-0.4, -0.2) is 4.98 Å². The molecular weight excluding hydrogens is 327 g/mol. The molecule has 0 aliphatic carbocycles. The predicted octanol–water partition coefficient (Wildman–Crippen LogP) is 5.37. The minimum absolute atomic E-state index is 0.254. The lowest BCUT2D eigenvalue weighted by atomic mass is 9.92. The molecule has 0 amide bonds. The molecule has 4 aromatic rings. The van der Waals surface area contributed by atoms with Crippen molar-refractivity contribution in [2.75, 3.05) is 0 Å². The SMILES string of the molecule is O=c1cc(-c2c3ccccc3cc3ccccc23)cc(C(F)(F)F)[nH]1. The third kappa shape index (κ3) is 2.67. The summed E-state index contributed by atoms with van der Waals surface area (Å²) in [6, 6.07) is 19.1. The van der Waals surface area contributed by atoms with E-state index >= 15 is 0 Å². The Morgan fingerprint density at radius 1 is 0.760 bits per heavy atom. The molecule has 4 rings (SSSR count). The van der Waals surface area contributed by atoms with Gasteiger partial charge in [-0.1, -0.05) is 48.5 Å². The first-order chi connectivity index (χ1) is 11.9. The van der Waals surface area contributed by atoms with Crippen molar-refractivity contribution in [1.29, 1.82) is 0 Å². The first-order valence-corrected chi connectivity index (χ1v) is 7.66. The van der Waals surface area contributed by atoms with Gasteiger partial charge in [0.2, 0.25) is 5.56 Å². The smallest absolute Gasteiger partial charge is 0.318 e. The fourth-order valence-corrected chi connectivity index (χ4v) is 3.17. The molecule has 5 heteroatoms. The Kier molecular flexibility index (Phi) is 3.39. The monoisotopic (exact) mass is 339 g/mol. The number of benzene rings is 3. The zero-order chi connectivity index (χ0) is 17.6. The lowest BCUT2D eigenvalue weighted by molar-refractivity contribution is -0.141. The predicted molar refractivity (Wildman–Crippen MR) is 92.5 cm³/mol. The molecule has 1 N–H and O–H groups in total. The lowest BCUT2D eigenvalue weighted by Crippen LogP contribution is -2.16. The summed E-state index contributed by atoms with van der Waals surface area (Å²) in [7, 11) is 0. The van der Waals surface area contributed by atoms with Crippen molar-refractivity contribution in [1.82, 2.24) is 4.98 Å². The number of rotatable bonds is 1. The molecule has 3 aromatic carbocycles. The number of alkyl halides is 3. The minimum atomic E-state index is -4.62. The number of hydrogen-bond donors (Lipinski definition) is 1.